The highest BCUT2D eigenvalue weighted by Gasteiger charge is 2.48. The molecule has 5 heteroatoms. The second kappa shape index (κ2) is 5.28. The van der Waals surface area contributed by atoms with Crippen molar-refractivity contribution < 1.29 is 14.6 Å². The van der Waals surface area contributed by atoms with E-state index >= 15 is 0 Å². The normalized spacial score (nSPS) is 41.5. The third kappa shape index (κ3) is 2.59. The van der Waals surface area contributed by atoms with E-state index in [2.05, 4.69) is 10.2 Å². The summed E-state index contributed by atoms with van der Waals surface area (Å²) in [4.78, 5) is 14.2. The van der Waals surface area contributed by atoms with Crippen LogP contribution in [0.2, 0.25) is 0 Å². The van der Waals surface area contributed by atoms with Gasteiger partial charge in [0.2, 0.25) is 0 Å². The Morgan fingerprint density at radius 1 is 1.30 bits per heavy atom. The van der Waals surface area contributed by atoms with Gasteiger partial charge >= 0.3 is 5.97 Å². The summed E-state index contributed by atoms with van der Waals surface area (Å²) in [5, 5.41) is 12.9. The van der Waals surface area contributed by atoms with Gasteiger partial charge in [-0.3, -0.25) is 15.0 Å². The number of rotatable bonds is 4. The average molecular weight is 282 g/mol. The summed E-state index contributed by atoms with van der Waals surface area (Å²) in [5.74, 6) is -0.690. The smallest absolute Gasteiger partial charge is 0.323 e. The van der Waals surface area contributed by atoms with Crippen molar-refractivity contribution in [2.75, 3.05) is 13.1 Å². The maximum atomic E-state index is 11.7. The van der Waals surface area contributed by atoms with Crippen molar-refractivity contribution in [1.29, 1.82) is 0 Å². The molecule has 2 saturated heterocycles. The van der Waals surface area contributed by atoms with E-state index in [1.54, 1.807) is 0 Å². The molecule has 3 fully saturated rings. The van der Waals surface area contributed by atoms with Gasteiger partial charge in [-0.2, -0.15) is 0 Å². The molecule has 2 N–H and O–H groups in total. The second-order valence-corrected chi connectivity index (χ2v) is 6.99. The van der Waals surface area contributed by atoms with E-state index in [4.69, 9.17) is 4.74 Å². The molecule has 0 spiro atoms. The number of hydrogen-bond donors (Lipinski definition) is 2. The van der Waals surface area contributed by atoms with Crippen molar-refractivity contribution in [1.82, 2.24) is 10.2 Å². The Bertz CT molecular complexity index is 375. The lowest BCUT2D eigenvalue weighted by molar-refractivity contribution is -0.145. The first-order chi connectivity index (χ1) is 9.48. The molecular formula is C15H26N2O3. The summed E-state index contributed by atoms with van der Waals surface area (Å²) in [5.41, 5.74) is -0.726. The molecule has 5 nitrogen and oxygen atoms in total. The molecule has 20 heavy (non-hydrogen) atoms. The van der Waals surface area contributed by atoms with Crippen LogP contribution >= 0.6 is 0 Å². The van der Waals surface area contributed by atoms with Gasteiger partial charge in [-0.1, -0.05) is 0 Å². The quantitative estimate of drug-likeness (QED) is 0.812. The Hall–Kier alpha value is -0.650. The first-order valence-corrected chi connectivity index (χ1v) is 7.89. The highest BCUT2D eigenvalue weighted by molar-refractivity contribution is 5.79. The minimum absolute atomic E-state index is 0.200. The second-order valence-electron chi connectivity index (χ2n) is 6.99. The van der Waals surface area contributed by atoms with Gasteiger partial charge in [-0.05, 0) is 46.0 Å². The molecular weight excluding hydrogens is 256 g/mol. The van der Waals surface area contributed by atoms with Gasteiger partial charge in [-0.15, -0.1) is 0 Å². The maximum Gasteiger partial charge on any atom is 0.323 e. The number of aliphatic carboxylic acids is 1. The summed E-state index contributed by atoms with van der Waals surface area (Å²) in [6, 6.07) is 0.593. The lowest BCUT2D eigenvalue weighted by Crippen LogP contribution is -2.55. The van der Waals surface area contributed by atoms with Crippen LogP contribution < -0.4 is 5.32 Å². The van der Waals surface area contributed by atoms with Crippen LogP contribution in [-0.4, -0.2) is 58.9 Å². The van der Waals surface area contributed by atoms with Crippen LogP contribution in [0.1, 0.15) is 46.0 Å². The largest absolute Gasteiger partial charge is 0.480 e. The highest BCUT2D eigenvalue weighted by Crippen LogP contribution is 2.37. The molecule has 0 aromatic heterocycles. The van der Waals surface area contributed by atoms with Gasteiger partial charge in [0.15, 0.2) is 0 Å². The Morgan fingerprint density at radius 2 is 1.95 bits per heavy atom. The fourth-order valence-electron chi connectivity index (χ4n) is 4.22. The predicted molar refractivity (Wildman–Crippen MR) is 75.7 cm³/mol. The van der Waals surface area contributed by atoms with Gasteiger partial charge in [0.05, 0.1) is 12.2 Å². The third-order valence-corrected chi connectivity index (χ3v) is 5.05. The lowest BCUT2D eigenvalue weighted by Gasteiger charge is -2.37. The first kappa shape index (κ1) is 14.3. The zero-order chi connectivity index (χ0) is 14.3. The van der Waals surface area contributed by atoms with E-state index in [-0.39, 0.29) is 6.04 Å². The van der Waals surface area contributed by atoms with Gasteiger partial charge < -0.3 is 9.84 Å². The lowest BCUT2D eigenvalue weighted by atomic mass is 9.96. The number of carbonyl (C=O) groups is 1. The van der Waals surface area contributed by atoms with Gasteiger partial charge in [0, 0.05) is 25.2 Å². The molecule has 3 aliphatic rings. The zero-order valence-electron chi connectivity index (χ0n) is 12.5. The standard InChI is InChI=1S/C15H26N2O3/c1-10(2)16-15(14(18)19)6-5-11(7-15)17-8-12-3-4-13(9-17)20-12/h10-13,16H,3-9H2,1-2H3,(H,18,19). The van der Waals surface area contributed by atoms with Crippen molar-refractivity contribution >= 4 is 5.97 Å². The van der Waals surface area contributed by atoms with Crippen LogP contribution in [0.25, 0.3) is 0 Å². The minimum atomic E-state index is -0.726. The Kier molecular flexibility index (Phi) is 3.77. The van der Waals surface area contributed by atoms with Crippen molar-refractivity contribution in [2.45, 2.75) is 75.8 Å². The van der Waals surface area contributed by atoms with E-state index < -0.39 is 11.5 Å². The van der Waals surface area contributed by atoms with Gasteiger partial charge in [0.1, 0.15) is 5.54 Å². The monoisotopic (exact) mass is 282 g/mol. The van der Waals surface area contributed by atoms with Crippen LogP contribution in [0.4, 0.5) is 0 Å². The fourth-order valence-corrected chi connectivity index (χ4v) is 4.22. The van der Waals surface area contributed by atoms with Crippen molar-refractivity contribution in [3.63, 3.8) is 0 Å². The molecule has 1 aliphatic carbocycles. The number of hydrogen-bond acceptors (Lipinski definition) is 4. The number of fused-ring (bicyclic) bond motifs is 2. The number of nitrogens with one attached hydrogen (secondary N) is 1. The van der Waals surface area contributed by atoms with Crippen LogP contribution in [0.3, 0.4) is 0 Å². The van der Waals surface area contributed by atoms with E-state index in [0.29, 0.717) is 18.2 Å². The number of carboxylic acids is 1. The summed E-state index contributed by atoms with van der Waals surface area (Å²) in [6.07, 6.45) is 5.53. The predicted octanol–water partition coefficient (Wildman–Crippen LogP) is 1.22. The summed E-state index contributed by atoms with van der Waals surface area (Å²) in [6.45, 7) is 6.01. The molecule has 2 heterocycles. The summed E-state index contributed by atoms with van der Waals surface area (Å²) in [7, 11) is 0. The Morgan fingerprint density at radius 3 is 2.50 bits per heavy atom. The van der Waals surface area contributed by atoms with Crippen LogP contribution in [0.5, 0.6) is 0 Å². The van der Waals surface area contributed by atoms with Crippen LogP contribution in [0, 0.1) is 0 Å². The van der Waals surface area contributed by atoms with Crippen molar-refractivity contribution in [3.05, 3.63) is 0 Å². The molecule has 114 valence electrons. The maximum absolute atomic E-state index is 11.7. The number of likely N-dealkylation sites (tertiary alicyclic amines) is 1. The molecule has 3 rings (SSSR count). The number of carboxylic acid groups (broad SMARTS) is 1. The fraction of sp³-hybridized carbons (Fsp3) is 0.933. The van der Waals surface area contributed by atoms with Crippen LogP contribution in [-0.2, 0) is 9.53 Å². The molecule has 1 saturated carbocycles. The Balaban J connectivity index is 1.67. The highest BCUT2D eigenvalue weighted by atomic mass is 16.5. The summed E-state index contributed by atoms with van der Waals surface area (Å²) < 4.78 is 5.88. The molecule has 4 atom stereocenters. The van der Waals surface area contributed by atoms with Gasteiger partial charge in [-0.25, -0.2) is 0 Å². The molecule has 2 bridgehead atoms. The van der Waals surface area contributed by atoms with Crippen molar-refractivity contribution in [2.24, 2.45) is 0 Å². The van der Waals surface area contributed by atoms with Crippen LogP contribution in [0.15, 0.2) is 0 Å². The number of morpholine rings is 1. The Labute approximate surface area is 120 Å². The molecule has 2 aliphatic heterocycles. The number of nitrogens with zero attached hydrogens (tertiary/aromatic N) is 1. The van der Waals surface area contributed by atoms with Gasteiger partial charge in [0.25, 0.3) is 0 Å². The van der Waals surface area contributed by atoms with E-state index in [9.17, 15) is 9.90 Å². The van der Waals surface area contributed by atoms with E-state index in [1.807, 2.05) is 13.8 Å². The summed E-state index contributed by atoms with van der Waals surface area (Å²) >= 11 is 0. The molecule has 0 radical (unpaired) electrons. The first-order valence-electron chi connectivity index (χ1n) is 7.89. The zero-order valence-corrected chi connectivity index (χ0v) is 12.5. The molecule has 0 amide bonds. The third-order valence-electron chi connectivity index (χ3n) is 5.05. The molecule has 4 unspecified atom stereocenters. The number of ether oxygens (including phenoxy) is 1. The van der Waals surface area contributed by atoms with E-state index in [0.717, 1.165) is 32.4 Å². The topological polar surface area (TPSA) is 61.8 Å². The molecule has 0 aromatic rings. The molecule has 0 aromatic carbocycles. The van der Waals surface area contributed by atoms with E-state index in [1.165, 1.54) is 12.8 Å². The average Bonchev–Trinajstić information content (AvgIpc) is 2.94. The van der Waals surface area contributed by atoms with Crippen molar-refractivity contribution in [3.8, 4) is 0 Å². The SMILES string of the molecule is CC(C)NC1(C(=O)O)CCC(N2CC3CCC(C2)O3)C1. The minimum Gasteiger partial charge on any atom is -0.480 e.